The molecule has 2 heterocycles. The predicted molar refractivity (Wildman–Crippen MR) is 80.3 cm³/mol. The van der Waals surface area contributed by atoms with Gasteiger partial charge < -0.3 is 5.32 Å². The van der Waals surface area contributed by atoms with Crippen molar-refractivity contribution in [2.45, 2.75) is 39.8 Å². The summed E-state index contributed by atoms with van der Waals surface area (Å²) in [6.07, 6.45) is 1.53. The Morgan fingerprint density at radius 1 is 1.13 bits per heavy atom. The standard InChI is InChI=1S/C14H19N5O4/c1-8(2)18-13(22)12(21)17(14(18)23)7-11(20)16-10-5-6-15-19(10)9(3)4/h5-6,8-9H,7H2,1-4H3,(H,16,20). The fourth-order valence-electron chi connectivity index (χ4n) is 2.27. The monoisotopic (exact) mass is 321 g/mol. The van der Waals surface area contributed by atoms with E-state index in [1.807, 2.05) is 13.8 Å². The number of hydrogen-bond donors (Lipinski definition) is 1. The van der Waals surface area contributed by atoms with E-state index in [9.17, 15) is 19.2 Å². The Kier molecular flexibility index (Phi) is 4.48. The third-order valence-corrected chi connectivity index (χ3v) is 3.33. The van der Waals surface area contributed by atoms with E-state index in [0.717, 1.165) is 4.90 Å². The van der Waals surface area contributed by atoms with Crippen LogP contribution in [0.5, 0.6) is 0 Å². The van der Waals surface area contributed by atoms with E-state index in [2.05, 4.69) is 10.4 Å². The molecule has 1 aromatic rings. The molecule has 0 spiro atoms. The topological polar surface area (TPSA) is 105 Å². The van der Waals surface area contributed by atoms with Gasteiger partial charge in [0.25, 0.3) is 0 Å². The number of nitrogens with one attached hydrogen (secondary N) is 1. The van der Waals surface area contributed by atoms with Gasteiger partial charge in [0.05, 0.1) is 6.20 Å². The second-order valence-electron chi connectivity index (χ2n) is 5.75. The van der Waals surface area contributed by atoms with Crippen LogP contribution in [-0.2, 0) is 14.4 Å². The highest BCUT2D eigenvalue weighted by atomic mass is 16.2. The molecule has 1 fully saturated rings. The molecule has 0 atom stereocenters. The Labute approximate surface area is 133 Å². The lowest BCUT2D eigenvalue weighted by Gasteiger charge is -2.18. The van der Waals surface area contributed by atoms with Gasteiger partial charge in [-0.25, -0.2) is 14.4 Å². The highest BCUT2D eigenvalue weighted by Crippen LogP contribution is 2.16. The van der Waals surface area contributed by atoms with Crippen molar-refractivity contribution < 1.29 is 19.2 Å². The zero-order valence-corrected chi connectivity index (χ0v) is 13.4. The van der Waals surface area contributed by atoms with Crippen molar-refractivity contribution in [2.24, 2.45) is 0 Å². The highest BCUT2D eigenvalue weighted by Gasteiger charge is 2.46. The van der Waals surface area contributed by atoms with Crippen LogP contribution in [-0.4, -0.2) is 55.9 Å². The van der Waals surface area contributed by atoms with Crippen molar-refractivity contribution in [3.05, 3.63) is 12.3 Å². The molecule has 1 aromatic heterocycles. The van der Waals surface area contributed by atoms with Crippen molar-refractivity contribution in [3.8, 4) is 0 Å². The molecule has 124 valence electrons. The van der Waals surface area contributed by atoms with Crippen molar-refractivity contribution in [1.29, 1.82) is 0 Å². The van der Waals surface area contributed by atoms with Gasteiger partial charge in [-0.1, -0.05) is 0 Å². The summed E-state index contributed by atoms with van der Waals surface area (Å²) in [7, 11) is 0. The molecule has 0 radical (unpaired) electrons. The van der Waals surface area contributed by atoms with Crippen LogP contribution in [0, 0.1) is 0 Å². The SMILES string of the molecule is CC(C)N1C(=O)C(=O)N(CC(=O)Nc2ccnn2C(C)C)C1=O. The summed E-state index contributed by atoms with van der Waals surface area (Å²) in [6.45, 7) is 6.52. The van der Waals surface area contributed by atoms with Crippen LogP contribution in [0.15, 0.2) is 12.3 Å². The van der Waals surface area contributed by atoms with Crippen LogP contribution in [0.3, 0.4) is 0 Å². The fraction of sp³-hybridized carbons (Fsp3) is 0.500. The Morgan fingerprint density at radius 2 is 1.78 bits per heavy atom. The van der Waals surface area contributed by atoms with Gasteiger partial charge in [-0.3, -0.25) is 19.3 Å². The smallest absolute Gasteiger partial charge is 0.309 e. The molecule has 0 aliphatic carbocycles. The largest absolute Gasteiger partial charge is 0.334 e. The first kappa shape index (κ1) is 16.7. The summed E-state index contributed by atoms with van der Waals surface area (Å²) in [5.41, 5.74) is 0. The van der Waals surface area contributed by atoms with E-state index in [1.54, 1.807) is 24.6 Å². The number of nitrogens with zero attached hydrogens (tertiary/aromatic N) is 4. The maximum Gasteiger partial charge on any atom is 0.334 e. The van der Waals surface area contributed by atoms with Crippen LogP contribution in [0.2, 0.25) is 0 Å². The normalized spacial score (nSPS) is 15.3. The molecular weight excluding hydrogens is 302 g/mol. The van der Waals surface area contributed by atoms with E-state index >= 15 is 0 Å². The van der Waals surface area contributed by atoms with E-state index in [4.69, 9.17) is 0 Å². The lowest BCUT2D eigenvalue weighted by molar-refractivity contribution is -0.144. The number of carbonyl (C=O) groups is 4. The molecule has 9 nitrogen and oxygen atoms in total. The maximum absolute atomic E-state index is 12.1. The number of aromatic nitrogens is 2. The second-order valence-corrected chi connectivity index (χ2v) is 5.75. The van der Waals surface area contributed by atoms with Gasteiger partial charge in [0.2, 0.25) is 5.91 Å². The van der Waals surface area contributed by atoms with E-state index in [1.165, 1.54) is 6.20 Å². The molecule has 5 amide bonds. The van der Waals surface area contributed by atoms with Crippen LogP contribution in [0.25, 0.3) is 0 Å². The Bertz CT molecular complexity index is 664. The fourth-order valence-corrected chi connectivity index (χ4v) is 2.27. The van der Waals surface area contributed by atoms with Crippen LogP contribution >= 0.6 is 0 Å². The number of imide groups is 2. The molecule has 0 bridgehead atoms. The first-order valence-electron chi connectivity index (χ1n) is 7.26. The number of hydrogen-bond acceptors (Lipinski definition) is 5. The molecule has 1 aliphatic heterocycles. The van der Waals surface area contributed by atoms with Crippen LogP contribution in [0.4, 0.5) is 10.6 Å². The first-order chi connectivity index (χ1) is 10.7. The molecule has 9 heteroatoms. The molecular formula is C14H19N5O4. The summed E-state index contributed by atoms with van der Waals surface area (Å²) in [6, 6.07) is 0.419. The highest BCUT2D eigenvalue weighted by molar-refractivity contribution is 6.45. The van der Waals surface area contributed by atoms with Crippen LogP contribution < -0.4 is 5.32 Å². The number of rotatable bonds is 5. The average Bonchev–Trinajstić information content (AvgIpc) is 2.98. The van der Waals surface area contributed by atoms with Crippen molar-refractivity contribution in [1.82, 2.24) is 19.6 Å². The van der Waals surface area contributed by atoms with Gasteiger partial charge in [0.1, 0.15) is 12.4 Å². The van der Waals surface area contributed by atoms with Gasteiger partial charge in [-0.15, -0.1) is 0 Å². The van der Waals surface area contributed by atoms with Gasteiger partial charge in [0.15, 0.2) is 0 Å². The summed E-state index contributed by atoms with van der Waals surface area (Å²) < 4.78 is 1.59. The van der Waals surface area contributed by atoms with Crippen molar-refractivity contribution in [2.75, 3.05) is 11.9 Å². The molecule has 1 aliphatic rings. The molecule has 0 unspecified atom stereocenters. The summed E-state index contributed by atoms with van der Waals surface area (Å²) >= 11 is 0. The summed E-state index contributed by atoms with van der Waals surface area (Å²) in [5, 5.41) is 6.65. The average molecular weight is 321 g/mol. The second kappa shape index (κ2) is 6.19. The number of carbonyl (C=O) groups excluding carboxylic acids is 4. The number of anilines is 1. The lowest BCUT2D eigenvalue weighted by atomic mass is 10.3. The zero-order valence-electron chi connectivity index (χ0n) is 13.4. The van der Waals surface area contributed by atoms with Crippen molar-refractivity contribution in [3.63, 3.8) is 0 Å². The molecule has 1 saturated heterocycles. The molecule has 1 N–H and O–H groups in total. The summed E-state index contributed by atoms with van der Waals surface area (Å²) in [4.78, 5) is 49.3. The molecule has 0 aromatic carbocycles. The third kappa shape index (κ3) is 3.08. The summed E-state index contributed by atoms with van der Waals surface area (Å²) in [5.74, 6) is -2.02. The van der Waals surface area contributed by atoms with Gasteiger partial charge >= 0.3 is 17.8 Å². The van der Waals surface area contributed by atoms with Gasteiger partial charge in [0, 0.05) is 18.2 Å². The minimum atomic E-state index is -0.990. The third-order valence-electron chi connectivity index (χ3n) is 3.33. The predicted octanol–water partition coefficient (Wildman–Crippen LogP) is 0.602. The minimum Gasteiger partial charge on any atom is -0.309 e. The van der Waals surface area contributed by atoms with Gasteiger partial charge in [-0.2, -0.15) is 5.10 Å². The minimum absolute atomic E-state index is 0.0355. The van der Waals surface area contributed by atoms with Crippen molar-refractivity contribution >= 4 is 29.6 Å². The molecule has 0 saturated carbocycles. The van der Waals surface area contributed by atoms with E-state index in [-0.39, 0.29) is 6.04 Å². The van der Waals surface area contributed by atoms with E-state index < -0.39 is 36.3 Å². The van der Waals surface area contributed by atoms with E-state index in [0.29, 0.717) is 10.7 Å². The quantitative estimate of drug-likeness (QED) is 0.631. The zero-order chi connectivity index (χ0) is 17.3. The maximum atomic E-state index is 12.1. The van der Waals surface area contributed by atoms with Gasteiger partial charge in [-0.05, 0) is 27.7 Å². The first-order valence-corrected chi connectivity index (χ1v) is 7.26. The Hall–Kier alpha value is -2.71. The number of amides is 5. The van der Waals surface area contributed by atoms with Crippen LogP contribution in [0.1, 0.15) is 33.7 Å². The molecule has 23 heavy (non-hydrogen) atoms. The molecule has 2 rings (SSSR count). The Balaban J connectivity index is 2.08. The number of urea groups is 1. The Morgan fingerprint density at radius 3 is 2.30 bits per heavy atom. The lowest BCUT2D eigenvalue weighted by Crippen LogP contribution is -2.41.